The van der Waals surface area contributed by atoms with Gasteiger partial charge in [0.05, 0.1) is 11.0 Å². The minimum Gasteiger partial charge on any atom is -0.347 e. The number of hydrogen-bond acceptors (Lipinski definition) is 0. The molecule has 3 aromatic heterocycles. The normalized spacial score (nSPS) is 11.5. The Morgan fingerprint density at radius 1 is 0.587 bits per heavy atom. The van der Waals surface area contributed by atoms with Gasteiger partial charge in [-0.15, -0.1) is 0 Å². The second kappa shape index (κ2) is 13.5. The van der Waals surface area contributed by atoms with Gasteiger partial charge in [-0.1, -0.05) is 79.8 Å². The Bertz CT molecular complexity index is 1920. The van der Waals surface area contributed by atoms with Crippen molar-refractivity contribution in [1.29, 1.82) is 0 Å². The number of unbranched alkanes of at least 4 members (excludes halogenated alkanes) is 2. The second-order valence-electron chi connectivity index (χ2n) is 13.5. The lowest BCUT2D eigenvalue weighted by molar-refractivity contribution is 0.639. The number of aryl methyl sites for hydroxylation is 3. The average Bonchev–Trinajstić information content (AvgIpc) is 3.71. The first-order chi connectivity index (χ1) is 22.2. The first kappa shape index (κ1) is 31.5. The fraction of sp³-hybridized carbons (Fsp3) is 0.302. The lowest BCUT2D eigenvalue weighted by Gasteiger charge is -2.11. The fourth-order valence-corrected chi connectivity index (χ4v) is 6.72. The topological polar surface area (TPSA) is 14.8 Å². The van der Waals surface area contributed by atoms with E-state index in [1.54, 1.807) is 0 Å². The third kappa shape index (κ3) is 6.42. The van der Waals surface area contributed by atoms with E-state index in [9.17, 15) is 0 Å². The molecule has 3 heteroatoms. The van der Waals surface area contributed by atoms with Crippen LogP contribution < -0.4 is 0 Å². The summed E-state index contributed by atoms with van der Waals surface area (Å²) < 4.78 is 7.35. The number of benzene rings is 3. The van der Waals surface area contributed by atoms with Crippen LogP contribution in [0.2, 0.25) is 0 Å². The fourth-order valence-electron chi connectivity index (χ4n) is 6.72. The van der Waals surface area contributed by atoms with Crippen molar-refractivity contribution >= 4 is 34.0 Å². The Morgan fingerprint density at radius 3 is 1.46 bits per heavy atom. The Hall–Kier alpha value is -4.50. The standard InChI is InChI=1S/C43H49N3/c1-8-10-20-44-28-33(22-30(3)4)24-42(44)35-14-18-40-38(26-35)39-27-36(15-19-41(39)46(40)37-16-12-32(7)13-17-37)43-25-34(23-31(5)6)29-45(43)21-11-9-2/h12-19,22-29H,8-11,20-21H2,1-7H3. The monoisotopic (exact) mass is 607 g/mol. The predicted molar refractivity (Wildman–Crippen MR) is 201 cm³/mol. The number of aromatic nitrogens is 3. The van der Waals surface area contributed by atoms with E-state index in [4.69, 9.17) is 0 Å². The highest BCUT2D eigenvalue weighted by molar-refractivity contribution is 6.11. The predicted octanol–water partition coefficient (Wildman–Crippen LogP) is 12.5. The number of nitrogens with zero attached hydrogens (tertiary/aromatic N) is 3. The molecule has 236 valence electrons. The van der Waals surface area contributed by atoms with Crippen LogP contribution >= 0.6 is 0 Å². The summed E-state index contributed by atoms with van der Waals surface area (Å²) in [5.74, 6) is 0. The van der Waals surface area contributed by atoms with Crippen molar-refractivity contribution in [2.45, 2.75) is 87.2 Å². The Balaban J connectivity index is 1.59. The zero-order valence-corrected chi connectivity index (χ0v) is 28.8. The zero-order valence-electron chi connectivity index (χ0n) is 28.8. The quantitative estimate of drug-likeness (QED) is 0.139. The lowest BCUT2D eigenvalue weighted by atomic mass is 10.0. The average molecular weight is 608 g/mol. The first-order valence-corrected chi connectivity index (χ1v) is 17.1. The van der Waals surface area contributed by atoms with Gasteiger partial charge in [0.25, 0.3) is 0 Å². The number of allylic oxidation sites excluding steroid dienone is 2. The van der Waals surface area contributed by atoms with Gasteiger partial charge in [-0.3, -0.25) is 0 Å². The SMILES string of the molecule is CCCCn1cc(C=C(C)C)cc1-c1ccc2c(c1)c1cc(-c3cc(C=C(C)C)cn3CCCC)ccc1n2-c1ccc(C)cc1. The molecule has 0 fully saturated rings. The first-order valence-electron chi connectivity index (χ1n) is 17.1. The van der Waals surface area contributed by atoms with Crippen molar-refractivity contribution in [3.05, 3.63) is 113 Å². The highest BCUT2D eigenvalue weighted by Gasteiger charge is 2.17. The molecule has 3 heterocycles. The minimum absolute atomic E-state index is 1.03. The van der Waals surface area contributed by atoms with Crippen molar-refractivity contribution in [2.24, 2.45) is 0 Å². The summed E-state index contributed by atoms with van der Waals surface area (Å²) in [6.07, 6.45) is 13.9. The molecular weight excluding hydrogens is 558 g/mol. The van der Waals surface area contributed by atoms with E-state index in [1.165, 1.54) is 104 Å². The van der Waals surface area contributed by atoms with Crippen LogP contribution in [0.1, 0.15) is 83.9 Å². The van der Waals surface area contributed by atoms with Gasteiger partial charge < -0.3 is 13.7 Å². The van der Waals surface area contributed by atoms with Crippen molar-refractivity contribution in [2.75, 3.05) is 0 Å². The van der Waals surface area contributed by atoms with Gasteiger partial charge in [0.2, 0.25) is 0 Å². The summed E-state index contributed by atoms with van der Waals surface area (Å²) >= 11 is 0. The molecule has 0 saturated carbocycles. The maximum atomic E-state index is 2.45. The Kier molecular flexibility index (Phi) is 9.22. The summed E-state index contributed by atoms with van der Waals surface area (Å²) in [7, 11) is 0. The number of fused-ring (bicyclic) bond motifs is 3. The third-order valence-corrected chi connectivity index (χ3v) is 8.90. The molecule has 3 aromatic carbocycles. The zero-order chi connectivity index (χ0) is 32.4. The molecule has 0 saturated heterocycles. The van der Waals surface area contributed by atoms with Crippen molar-refractivity contribution in [3.63, 3.8) is 0 Å². The van der Waals surface area contributed by atoms with Gasteiger partial charge in [-0.05, 0) is 118 Å². The molecular formula is C43H49N3. The van der Waals surface area contributed by atoms with Crippen molar-refractivity contribution in [3.8, 4) is 28.2 Å². The van der Waals surface area contributed by atoms with Crippen molar-refractivity contribution in [1.82, 2.24) is 13.7 Å². The van der Waals surface area contributed by atoms with Crippen LogP contribution in [0.4, 0.5) is 0 Å². The molecule has 6 rings (SSSR count). The molecule has 0 radical (unpaired) electrons. The summed E-state index contributed by atoms with van der Waals surface area (Å²) in [6, 6.07) is 27.8. The van der Waals surface area contributed by atoms with Gasteiger partial charge >= 0.3 is 0 Å². The van der Waals surface area contributed by atoms with Crippen LogP contribution in [0.15, 0.2) is 96.3 Å². The molecule has 0 aliphatic carbocycles. The molecule has 0 atom stereocenters. The summed E-state index contributed by atoms with van der Waals surface area (Å²) in [6.45, 7) is 17.4. The molecule has 0 spiro atoms. The van der Waals surface area contributed by atoms with E-state index in [1.807, 2.05) is 0 Å². The van der Waals surface area contributed by atoms with Gasteiger partial charge in [-0.25, -0.2) is 0 Å². The van der Waals surface area contributed by atoms with E-state index >= 15 is 0 Å². The lowest BCUT2D eigenvalue weighted by Crippen LogP contribution is -1.98. The minimum atomic E-state index is 1.03. The molecule has 0 N–H and O–H groups in total. The molecule has 6 aromatic rings. The van der Waals surface area contributed by atoms with Gasteiger partial charge in [0.15, 0.2) is 0 Å². The molecule has 0 bridgehead atoms. The van der Waals surface area contributed by atoms with Crippen LogP contribution in [0, 0.1) is 6.92 Å². The van der Waals surface area contributed by atoms with Gasteiger partial charge in [0.1, 0.15) is 0 Å². The highest BCUT2D eigenvalue weighted by atomic mass is 15.0. The molecule has 0 aliphatic heterocycles. The third-order valence-electron chi connectivity index (χ3n) is 8.90. The largest absolute Gasteiger partial charge is 0.347 e. The summed E-state index contributed by atoms with van der Waals surface area (Å²) in [4.78, 5) is 0. The molecule has 0 aliphatic rings. The second-order valence-corrected chi connectivity index (χ2v) is 13.5. The smallest absolute Gasteiger partial charge is 0.0541 e. The summed E-state index contributed by atoms with van der Waals surface area (Å²) in [5.41, 5.74) is 15.2. The summed E-state index contributed by atoms with van der Waals surface area (Å²) in [5, 5.41) is 2.58. The highest BCUT2D eigenvalue weighted by Crippen LogP contribution is 2.38. The van der Waals surface area contributed by atoms with Crippen LogP contribution in [0.25, 0.3) is 62.2 Å². The number of rotatable bonds is 11. The molecule has 0 amide bonds. The molecule has 0 unspecified atom stereocenters. The molecule has 3 nitrogen and oxygen atoms in total. The van der Waals surface area contributed by atoms with E-state index < -0.39 is 0 Å². The van der Waals surface area contributed by atoms with E-state index in [0.29, 0.717) is 0 Å². The van der Waals surface area contributed by atoms with E-state index in [0.717, 1.165) is 13.1 Å². The maximum Gasteiger partial charge on any atom is 0.0541 e. The Morgan fingerprint density at radius 2 is 1.04 bits per heavy atom. The van der Waals surface area contributed by atoms with E-state index in [-0.39, 0.29) is 0 Å². The van der Waals surface area contributed by atoms with E-state index in [2.05, 4.69) is 160 Å². The van der Waals surface area contributed by atoms with Crippen LogP contribution in [-0.4, -0.2) is 13.7 Å². The molecule has 46 heavy (non-hydrogen) atoms. The van der Waals surface area contributed by atoms with Crippen LogP contribution in [0.3, 0.4) is 0 Å². The van der Waals surface area contributed by atoms with Crippen molar-refractivity contribution < 1.29 is 0 Å². The maximum absolute atomic E-state index is 2.45. The van der Waals surface area contributed by atoms with Crippen LogP contribution in [-0.2, 0) is 13.1 Å². The van der Waals surface area contributed by atoms with Gasteiger partial charge in [0, 0.05) is 53.3 Å². The Labute approximate surface area is 275 Å². The van der Waals surface area contributed by atoms with Crippen LogP contribution in [0.5, 0.6) is 0 Å². The van der Waals surface area contributed by atoms with Gasteiger partial charge in [-0.2, -0.15) is 0 Å². The number of hydrogen-bond donors (Lipinski definition) is 0.